The highest BCUT2D eigenvalue weighted by Crippen LogP contribution is 2.29. The van der Waals surface area contributed by atoms with Crippen LogP contribution in [0.25, 0.3) is 0 Å². The van der Waals surface area contributed by atoms with Gasteiger partial charge >= 0.3 is 0 Å². The lowest BCUT2D eigenvalue weighted by atomic mass is 10.1. The minimum absolute atomic E-state index is 0.104. The summed E-state index contributed by atoms with van der Waals surface area (Å²) in [5.41, 5.74) is 2.00. The quantitative estimate of drug-likeness (QED) is 0.723. The largest absolute Gasteiger partial charge is 0.493 e. The minimum atomic E-state index is 0.104. The van der Waals surface area contributed by atoms with Crippen LogP contribution in [-0.4, -0.2) is 24.9 Å². The third-order valence-electron chi connectivity index (χ3n) is 3.88. The lowest BCUT2D eigenvalue weighted by molar-refractivity contribution is 0.238. The van der Waals surface area contributed by atoms with Gasteiger partial charge in [-0.25, -0.2) is 0 Å². The summed E-state index contributed by atoms with van der Waals surface area (Å²) < 4.78 is 11.3. The van der Waals surface area contributed by atoms with E-state index < -0.39 is 0 Å². The van der Waals surface area contributed by atoms with Crippen molar-refractivity contribution in [2.75, 3.05) is 13.7 Å². The maximum atomic E-state index is 9.23. The molecule has 0 amide bonds. The van der Waals surface area contributed by atoms with Crippen molar-refractivity contribution >= 4 is 11.6 Å². The Morgan fingerprint density at radius 3 is 2.62 bits per heavy atom. The van der Waals surface area contributed by atoms with Crippen molar-refractivity contribution < 1.29 is 14.6 Å². The molecule has 130 valence electrons. The Balaban J connectivity index is 2.02. The van der Waals surface area contributed by atoms with Crippen LogP contribution in [0.3, 0.4) is 0 Å². The van der Waals surface area contributed by atoms with Crippen molar-refractivity contribution in [2.24, 2.45) is 0 Å². The smallest absolute Gasteiger partial charge is 0.161 e. The lowest BCUT2D eigenvalue weighted by Crippen LogP contribution is -2.31. The van der Waals surface area contributed by atoms with E-state index in [9.17, 15) is 5.11 Å². The molecule has 0 spiro atoms. The Morgan fingerprint density at radius 2 is 1.96 bits per heavy atom. The fraction of sp³-hybridized carbons (Fsp3) is 0.368. The van der Waals surface area contributed by atoms with E-state index in [-0.39, 0.29) is 12.6 Å². The molecule has 5 heteroatoms. The molecule has 0 unspecified atom stereocenters. The fourth-order valence-electron chi connectivity index (χ4n) is 2.31. The van der Waals surface area contributed by atoms with Crippen molar-refractivity contribution in [3.05, 3.63) is 58.6 Å². The monoisotopic (exact) mass is 349 g/mol. The molecule has 0 bridgehead atoms. The molecule has 0 aromatic heterocycles. The van der Waals surface area contributed by atoms with Gasteiger partial charge in [-0.1, -0.05) is 42.8 Å². The summed E-state index contributed by atoms with van der Waals surface area (Å²) in [6, 6.07) is 13.5. The Morgan fingerprint density at radius 1 is 1.17 bits per heavy atom. The molecular formula is C19H24ClNO3. The second-order valence-electron chi connectivity index (χ2n) is 5.53. The Hall–Kier alpha value is -1.75. The summed E-state index contributed by atoms with van der Waals surface area (Å²) >= 11 is 6.15. The van der Waals surface area contributed by atoms with Gasteiger partial charge in [0.1, 0.15) is 6.61 Å². The van der Waals surface area contributed by atoms with Crippen LogP contribution < -0.4 is 14.8 Å². The van der Waals surface area contributed by atoms with E-state index in [1.165, 1.54) is 0 Å². The number of hydrogen-bond donors (Lipinski definition) is 2. The van der Waals surface area contributed by atoms with E-state index in [0.29, 0.717) is 29.7 Å². The Labute approximate surface area is 148 Å². The van der Waals surface area contributed by atoms with Gasteiger partial charge in [-0.05, 0) is 30.2 Å². The average Bonchev–Trinajstić information content (AvgIpc) is 2.62. The van der Waals surface area contributed by atoms with Gasteiger partial charge in [0.25, 0.3) is 0 Å². The van der Waals surface area contributed by atoms with Crippen LogP contribution in [0.1, 0.15) is 24.5 Å². The molecule has 0 radical (unpaired) electrons. The molecular weight excluding hydrogens is 326 g/mol. The highest BCUT2D eigenvalue weighted by Gasteiger charge is 2.09. The van der Waals surface area contributed by atoms with Crippen LogP contribution in [0.5, 0.6) is 11.5 Å². The van der Waals surface area contributed by atoms with E-state index in [1.54, 1.807) is 7.11 Å². The number of aliphatic hydroxyl groups excluding tert-OH is 1. The second kappa shape index (κ2) is 9.52. The first-order chi connectivity index (χ1) is 11.7. The Kier molecular flexibility index (Phi) is 7.37. The molecule has 2 aromatic rings. The van der Waals surface area contributed by atoms with Crippen LogP contribution >= 0.6 is 11.6 Å². The zero-order valence-corrected chi connectivity index (χ0v) is 14.8. The van der Waals surface area contributed by atoms with Crippen molar-refractivity contribution in [2.45, 2.75) is 32.5 Å². The minimum Gasteiger partial charge on any atom is -0.493 e. The molecule has 2 aromatic carbocycles. The summed E-state index contributed by atoms with van der Waals surface area (Å²) in [7, 11) is 1.62. The van der Waals surface area contributed by atoms with Crippen LogP contribution in [0.15, 0.2) is 42.5 Å². The highest BCUT2D eigenvalue weighted by molar-refractivity contribution is 6.31. The molecule has 0 aliphatic rings. The van der Waals surface area contributed by atoms with Gasteiger partial charge < -0.3 is 19.9 Å². The maximum absolute atomic E-state index is 9.23. The third kappa shape index (κ3) is 5.13. The van der Waals surface area contributed by atoms with Gasteiger partial charge in [-0.2, -0.15) is 0 Å². The van der Waals surface area contributed by atoms with Gasteiger partial charge in [-0.15, -0.1) is 0 Å². The van der Waals surface area contributed by atoms with E-state index in [2.05, 4.69) is 5.32 Å². The number of benzene rings is 2. The van der Waals surface area contributed by atoms with Gasteiger partial charge in [0.2, 0.25) is 0 Å². The number of rotatable bonds is 9. The summed E-state index contributed by atoms with van der Waals surface area (Å²) in [5.74, 6) is 1.36. The molecule has 0 saturated heterocycles. The first-order valence-corrected chi connectivity index (χ1v) is 8.43. The first-order valence-electron chi connectivity index (χ1n) is 8.05. The molecule has 0 aliphatic carbocycles. The normalized spacial score (nSPS) is 12.0. The van der Waals surface area contributed by atoms with Crippen molar-refractivity contribution in [1.82, 2.24) is 5.32 Å². The average molecular weight is 350 g/mol. The molecule has 1 atom stereocenters. The summed E-state index contributed by atoms with van der Waals surface area (Å²) in [5, 5.41) is 13.2. The third-order valence-corrected chi connectivity index (χ3v) is 4.25. The van der Waals surface area contributed by atoms with Crippen molar-refractivity contribution in [1.29, 1.82) is 0 Å². The molecule has 0 saturated carbocycles. The molecule has 0 heterocycles. The number of ether oxygens (including phenoxy) is 2. The van der Waals surface area contributed by atoms with Crippen molar-refractivity contribution in [3.8, 4) is 11.5 Å². The zero-order valence-electron chi connectivity index (χ0n) is 14.1. The van der Waals surface area contributed by atoms with Gasteiger partial charge in [0.15, 0.2) is 11.5 Å². The Bertz CT molecular complexity index is 644. The van der Waals surface area contributed by atoms with E-state index in [0.717, 1.165) is 17.5 Å². The van der Waals surface area contributed by atoms with Crippen LogP contribution in [0.2, 0.25) is 5.02 Å². The maximum Gasteiger partial charge on any atom is 0.161 e. The number of halogens is 1. The standard InChI is InChI=1S/C19H24ClNO3/c1-3-16(12-22)21-11-14-8-9-18(19(10-14)23-2)24-13-15-6-4-5-7-17(15)20/h4-10,16,21-22H,3,11-13H2,1-2H3/t16-/m1/s1. The van der Waals surface area contributed by atoms with Crippen LogP contribution in [-0.2, 0) is 13.2 Å². The molecule has 4 nitrogen and oxygen atoms in total. The second-order valence-corrected chi connectivity index (χ2v) is 5.94. The van der Waals surface area contributed by atoms with Gasteiger partial charge in [0.05, 0.1) is 13.7 Å². The van der Waals surface area contributed by atoms with Gasteiger partial charge in [0, 0.05) is 23.2 Å². The first kappa shape index (κ1) is 18.6. The molecule has 0 aliphatic heterocycles. The van der Waals surface area contributed by atoms with Crippen molar-refractivity contribution in [3.63, 3.8) is 0 Å². The molecule has 2 rings (SSSR count). The molecule has 2 N–H and O–H groups in total. The topological polar surface area (TPSA) is 50.7 Å². The van der Waals surface area contributed by atoms with Crippen LogP contribution in [0.4, 0.5) is 0 Å². The molecule has 0 fully saturated rings. The zero-order chi connectivity index (χ0) is 17.4. The summed E-state index contributed by atoms with van der Waals surface area (Å²) in [4.78, 5) is 0. The lowest BCUT2D eigenvalue weighted by Gasteiger charge is -2.16. The van der Waals surface area contributed by atoms with Crippen LogP contribution in [0, 0.1) is 0 Å². The fourth-order valence-corrected chi connectivity index (χ4v) is 2.50. The number of methoxy groups -OCH3 is 1. The van der Waals surface area contributed by atoms with E-state index >= 15 is 0 Å². The predicted molar refractivity (Wildman–Crippen MR) is 96.8 cm³/mol. The van der Waals surface area contributed by atoms with Gasteiger partial charge in [-0.3, -0.25) is 0 Å². The SMILES string of the molecule is CC[C@H](CO)NCc1ccc(OCc2ccccc2Cl)c(OC)c1. The predicted octanol–water partition coefficient (Wildman–Crippen LogP) is 3.79. The highest BCUT2D eigenvalue weighted by atomic mass is 35.5. The number of nitrogens with one attached hydrogen (secondary N) is 1. The summed E-state index contributed by atoms with van der Waals surface area (Å²) in [6.45, 7) is 3.23. The summed E-state index contributed by atoms with van der Waals surface area (Å²) in [6.07, 6.45) is 0.882. The number of hydrogen-bond acceptors (Lipinski definition) is 4. The number of aliphatic hydroxyl groups is 1. The molecule has 24 heavy (non-hydrogen) atoms. The van der Waals surface area contributed by atoms with E-state index in [1.807, 2.05) is 49.4 Å². The van der Waals surface area contributed by atoms with E-state index in [4.69, 9.17) is 21.1 Å².